The summed E-state index contributed by atoms with van der Waals surface area (Å²) >= 11 is 3.32. The molecule has 2 N–H and O–H groups in total. The van der Waals surface area contributed by atoms with Crippen LogP contribution in [0.1, 0.15) is 16.7 Å². The lowest BCUT2D eigenvalue weighted by atomic mass is 10.1. The number of hydrogen-bond acceptors (Lipinski definition) is 2. The molecule has 2 rings (SSSR count). The zero-order chi connectivity index (χ0) is 13.8. The van der Waals surface area contributed by atoms with Crippen LogP contribution in [0, 0.1) is 12.7 Å². The molecule has 0 aromatic heterocycles. The Bertz CT molecular complexity index is 586. The van der Waals surface area contributed by atoms with Gasteiger partial charge in [0.15, 0.2) is 0 Å². The van der Waals surface area contributed by atoms with Crippen molar-refractivity contribution in [1.29, 1.82) is 0 Å². The second-order valence-electron chi connectivity index (χ2n) is 4.29. The molecule has 19 heavy (non-hydrogen) atoms. The van der Waals surface area contributed by atoms with Gasteiger partial charge in [-0.2, -0.15) is 0 Å². The summed E-state index contributed by atoms with van der Waals surface area (Å²) < 4.78 is 20.2. The van der Waals surface area contributed by atoms with Crippen molar-refractivity contribution in [2.75, 3.05) is 0 Å². The van der Waals surface area contributed by atoms with Gasteiger partial charge in [0, 0.05) is 22.1 Å². The van der Waals surface area contributed by atoms with Crippen LogP contribution in [0.3, 0.4) is 0 Å². The second kappa shape index (κ2) is 6.17. The van der Waals surface area contributed by atoms with Crippen molar-refractivity contribution < 1.29 is 9.13 Å². The van der Waals surface area contributed by atoms with Crippen LogP contribution in [0.4, 0.5) is 4.39 Å². The molecule has 0 saturated carbocycles. The Morgan fingerprint density at radius 1 is 1.21 bits per heavy atom. The van der Waals surface area contributed by atoms with Crippen LogP contribution in [-0.4, -0.2) is 0 Å². The summed E-state index contributed by atoms with van der Waals surface area (Å²) in [5, 5.41) is 0. The van der Waals surface area contributed by atoms with Crippen molar-refractivity contribution in [3.8, 4) is 5.75 Å². The van der Waals surface area contributed by atoms with Gasteiger partial charge >= 0.3 is 0 Å². The quantitative estimate of drug-likeness (QED) is 0.925. The molecular formula is C15H15BrFNO. The van der Waals surface area contributed by atoms with Crippen LogP contribution < -0.4 is 10.5 Å². The average Bonchev–Trinajstić information content (AvgIpc) is 2.40. The minimum atomic E-state index is -0.272. The largest absolute Gasteiger partial charge is 0.488 e. The van der Waals surface area contributed by atoms with Crippen molar-refractivity contribution in [3.05, 3.63) is 63.4 Å². The topological polar surface area (TPSA) is 35.2 Å². The van der Waals surface area contributed by atoms with E-state index < -0.39 is 0 Å². The number of rotatable bonds is 4. The standard InChI is InChI=1S/C15H15BrFNO/c1-10-3-2-4-11(8-18)15(10)19-9-12-7-13(16)5-6-14(12)17/h2-7H,8-9,18H2,1H3. The fourth-order valence-electron chi connectivity index (χ4n) is 1.88. The maximum atomic E-state index is 13.6. The molecule has 0 fully saturated rings. The molecule has 100 valence electrons. The van der Waals surface area contributed by atoms with Crippen LogP contribution in [-0.2, 0) is 13.2 Å². The van der Waals surface area contributed by atoms with E-state index in [9.17, 15) is 4.39 Å². The maximum Gasteiger partial charge on any atom is 0.129 e. The Hall–Kier alpha value is -1.39. The molecule has 0 bridgehead atoms. The highest BCUT2D eigenvalue weighted by molar-refractivity contribution is 9.10. The number of ether oxygens (including phenoxy) is 1. The summed E-state index contributed by atoms with van der Waals surface area (Å²) in [5.74, 6) is 0.468. The van der Waals surface area contributed by atoms with Crippen LogP contribution in [0.15, 0.2) is 40.9 Å². The van der Waals surface area contributed by atoms with E-state index in [1.807, 2.05) is 25.1 Å². The van der Waals surface area contributed by atoms with E-state index in [-0.39, 0.29) is 12.4 Å². The number of para-hydroxylation sites is 1. The van der Waals surface area contributed by atoms with Gasteiger partial charge in [0.05, 0.1) is 0 Å². The van der Waals surface area contributed by atoms with E-state index >= 15 is 0 Å². The zero-order valence-corrected chi connectivity index (χ0v) is 12.2. The molecule has 0 aliphatic rings. The number of benzene rings is 2. The second-order valence-corrected chi connectivity index (χ2v) is 5.21. The third kappa shape index (κ3) is 3.33. The first-order chi connectivity index (χ1) is 9.11. The number of halogens is 2. The van der Waals surface area contributed by atoms with E-state index in [0.29, 0.717) is 12.1 Å². The predicted octanol–water partition coefficient (Wildman–Crippen LogP) is 3.93. The Kier molecular flexibility index (Phi) is 4.56. The zero-order valence-electron chi connectivity index (χ0n) is 10.6. The molecule has 0 atom stereocenters. The molecular weight excluding hydrogens is 309 g/mol. The maximum absolute atomic E-state index is 13.6. The minimum absolute atomic E-state index is 0.184. The number of aryl methyl sites for hydroxylation is 1. The van der Waals surface area contributed by atoms with Gasteiger partial charge in [-0.1, -0.05) is 34.1 Å². The lowest BCUT2D eigenvalue weighted by molar-refractivity contribution is 0.294. The van der Waals surface area contributed by atoms with Gasteiger partial charge in [0.2, 0.25) is 0 Å². The number of nitrogens with two attached hydrogens (primary N) is 1. The number of hydrogen-bond donors (Lipinski definition) is 1. The first-order valence-corrected chi connectivity index (χ1v) is 6.76. The van der Waals surface area contributed by atoms with Crippen LogP contribution in [0.25, 0.3) is 0 Å². The van der Waals surface area contributed by atoms with Gasteiger partial charge in [-0.05, 0) is 30.7 Å². The molecule has 2 aromatic rings. The summed E-state index contributed by atoms with van der Waals surface area (Å²) in [6.07, 6.45) is 0. The molecule has 4 heteroatoms. The monoisotopic (exact) mass is 323 g/mol. The fourth-order valence-corrected chi connectivity index (χ4v) is 2.29. The highest BCUT2D eigenvalue weighted by Gasteiger charge is 2.08. The summed E-state index contributed by atoms with van der Waals surface area (Å²) in [6.45, 7) is 2.53. The normalized spacial score (nSPS) is 10.5. The lowest BCUT2D eigenvalue weighted by Crippen LogP contribution is -2.05. The van der Waals surface area contributed by atoms with Gasteiger partial charge in [0.25, 0.3) is 0 Å². The van der Waals surface area contributed by atoms with Gasteiger partial charge in [-0.25, -0.2) is 4.39 Å². The van der Waals surface area contributed by atoms with E-state index in [0.717, 1.165) is 21.3 Å². The van der Waals surface area contributed by atoms with Crippen molar-refractivity contribution in [2.45, 2.75) is 20.1 Å². The molecule has 2 nitrogen and oxygen atoms in total. The van der Waals surface area contributed by atoms with E-state index in [1.165, 1.54) is 6.07 Å². The molecule has 0 heterocycles. The van der Waals surface area contributed by atoms with Gasteiger partial charge < -0.3 is 10.5 Å². The smallest absolute Gasteiger partial charge is 0.129 e. The molecule has 0 aliphatic heterocycles. The molecule has 0 saturated heterocycles. The predicted molar refractivity (Wildman–Crippen MR) is 77.5 cm³/mol. The molecule has 0 unspecified atom stereocenters. The fraction of sp³-hybridized carbons (Fsp3) is 0.200. The lowest BCUT2D eigenvalue weighted by Gasteiger charge is -2.13. The van der Waals surface area contributed by atoms with E-state index in [2.05, 4.69) is 15.9 Å². The SMILES string of the molecule is Cc1cccc(CN)c1OCc1cc(Br)ccc1F. The Morgan fingerprint density at radius 3 is 2.74 bits per heavy atom. The van der Waals surface area contributed by atoms with Crippen LogP contribution in [0.5, 0.6) is 5.75 Å². The van der Waals surface area contributed by atoms with Crippen molar-refractivity contribution in [2.24, 2.45) is 5.73 Å². The molecule has 0 spiro atoms. The minimum Gasteiger partial charge on any atom is -0.488 e. The van der Waals surface area contributed by atoms with E-state index in [1.54, 1.807) is 12.1 Å². The highest BCUT2D eigenvalue weighted by Crippen LogP contribution is 2.25. The van der Waals surface area contributed by atoms with Crippen molar-refractivity contribution in [1.82, 2.24) is 0 Å². The van der Waals surface area contributed by atoms with Crippen molar-refractivity contribution in [3.63, 3.8) is 0 Å². The van der Waals surface area contributed by atoms with Crippen LogP contribution in [0.2, 0.25) is 0 Å². The average molecular weight is 324 g/mol. The van der Waals surface area contributed by atoms with Gasteiger partial charge in [0.1, 0.15) is 18.2 Å². The van der Waals surface area contributed by atoms with Gasteiger partial charge in [-0.3, -0.25) is 0 Å². The summed E-state index contributed by atoms with van der Waals surface area (Å²) in [7, 11) is 0. The third-order valence-corrected chi connectivity index (χ3v) is 3.39. The van der Waals surface area contributed by atoms with Crippen LogP contribution >= 0.6 is 15.9 Å². The Balaban J connectivity index is 2.21. The van der Waals surface area contributed by atoms with E-state index in [4.69, 9.17) is 10.5 Å². The summed E-state index contributed by atoms with van der Waals surface area (Å²) in [4.78, 5) is 0. The molecule has 0 amide bonds. The summed E-state index contributed by atoms with van der Waals surface area (Å²) in [6, 6.07) is 10.6. The van der Waals surface area contributed by atoms with Gasteiger partial charge in [-0.15, -0.1) is 0 Å². The molecule has 0 aliphatic carbocycles. The third-order valence-electron chi connectivity index (χ3n) is 2.89. The first kappa shape index (κ1) is 14.0. The molecule has 0 radical (unpaired) electrons. The highest BCUT2D eigenvalue weighted by atomic mass is 79.9. The summed E-state index contributed by atoms with van der Waals surface area (Å²) in [5.41, 5.74) is 8.12. The first-order valence-electron chi connectivity index (χ1n) is 5.97. The van der Waals surface area contributed by atoms with Crippen molar-refractivity contribution >= 4 is 15.9 Å². The Labute approximate surface area is 120 Å². The Morgan fingerprint density at radius 2 is 2.00 bits per heavy atom. The molecule has 2 aromatic carbocycles.